The Morgan fingerprint density at radius 2 is 2.40 bits per heavy atom. The molecule has 0 aromatic carbocycles. The van der Waals surface area contributed by atoms with Gasteiger partial charge in [-0.2, -0.15) is 0 Å². The van der Waals surface area contributed by atoms with Crippen LogP contribution in [0.25, 0.3) is 0 Å². The van der Waals surface area contributed by atoms with Gasteiger partial charge in [0.2, 0.25) is 0 Å². The van der Waals surface area contributed by atoms with Crippen LogP contribution < -0.4 is 5.32 Å². The summed E-state index contributed by atoms with van der Waals surface area (Å²) in [5, 5.41) is 3.38. The minimum atomic E-state index is 0.797. The molecule has 0 saturated carbocycles. The topological polar surface area (TPSA) is 37.4 Å². The zero-order valence-corrected chi connectivity index (χ0v) is 10.2. The highest BCUT2D eigenvalue weighted by Gasteiger charge is 1.97. The van der Waals surface area contributed by atoms with Gasteiger partial charge in [-0.15, -0.1) is 11.3 Å². The molecule has 0 spiro atoms. The molecule has 1 heterocycles. The van der Waals surface area contributed by atoms with Crippen molar-refractivity contribution in [2.75, 3.05) is 40.4 Å². The second-order valence-corrected chi connectivity index (χ2v) is 4.41. The Hall–Kier alpha value is -0.490. The summed E-state index contributed by atoms with van der Waals surface area (Å²) in [7, 11) is 3.84. The average molecular weight is 229 g/mol. The van der Waals surface area contributed by atoms with Gasteiger partial charge in [-0.1, -0.05) is 0 Å². The summed E-state index contributed by atoms with van der Waals surface area (Å²) in [6, 6.07) is 0. The van der Waals surface area contributed by atoms with Gasteiger partial charge in [-0.25, -0.2) is 0 Å². The highest BCUT2D eigenvalue weighted by molar-refractivity contribution is 7.09. The van der Waals surface area contributed by atoms with E-state index in [1.165, 1.54) is 4.88 Å². The Morgan fingerprint density at radius 1 is 1.53 bits per heavy atom. The molecule has 15 heavy (non-hydrogen) atoms. The third-order valence-corrected chi connectivity index (χ3v) is 2.91. The number of nitrogens with one attached hydrogen (secondary N) is 1. The van der Waals surface area contributed by atoms with E-state index < -0.39 is 0 Å². The van der Waals surface area contributed by atoms with Crippen LogP contribution in [0.2, 0.25) is 0 Å². The van der Waals surface area contributed by atoms with E-state index in [0.717, 1.165) is 32.8 Å². The first-order valence-corrected chi connectivity index (χ1v) is 5.96. The molecule has 0 fully saturated rings. The number of aromatic nitrogens is 1. The van der Waals surface area contributed by atoms with Crippen molar-refractivity contribution in [1.29, 1.82) is 0 Å². The SMILES string of the molecule is COCCN(C)CCNCc1cncs1. The number of ether oxygens (including phenoxy) is 1. The Bertz CT molecular complexity index is 241. The summed E-state index contributed by atoms with van der Waals surface area (Å²) in [6.07, 6.45) is 1.91. The molecule has 0 amide bonds. The van der Waals surface area contributed by atoms with E-state index in [-0.39, 0.29) is 0 Å². The van der Waals surface area contributed by atoms with E-state index >= 15 is 0 Å². The lowest BCUT2D eigenvalue weighted by Crippen LogP contribution is -2.31. The first-order chi connectivity index (χ1) is 7.33. The van der Waals surface area contributed by atoms with Crippen LogP contribution in [-0.2, 0) is 11.3 Å². The predicted octanol–water partition coefficient (Wildman–Crippen LogP) is 0.811. The van der Waals surface area contributed by atoms with E-state index in [0.29, 0.717) is 0 Å². The maximum absolute atomic E-state index is 5.01. The van der Waals surface area contributed by atoms with Crippen LogP contribution in [-0.4, -0.2) is 50.3 Å². The molecular formula is C10H19N3OS. The Labute approximate surface area is 95.3 Å². The van der Waals surface area contributed by atoms with Crippen molar-refractivity contribution in [3.8, 4) is 0 Å². The minimum absolute atomic E-state index is 0.797. The lowest BCUT2D eigenvalue weighted by Gasteiger charge is -2.15. The van der Waals surface area contributed by atoms with Crippen molar-refractivity contribution in [2.24, 2.45) is 0 Å². The molecule has 0 aliphatic rings. The summed E-state index contributed by atoms with van der Waals surface area (Å²) >= 11 is 1.69. The lowest BCUT2D eigenvalue weighted by molar-refractivity contribution is 0.161. The number of likely N-dealkylation sites (N-methyl/N-ethyl adjacent to an activating group) is 1. The van der Waals surface area contributed by atoms with Crippen molar-refractivity contribution in [3.63, 3.8) is 0 Å². The Morgan fingerprint density at radius 3 is 3.07 bits per heavy atom. The molecule has 1 N–H and O–H groups in total. The summed E-state index contributed by atoms with van der Waals surface area (Å²) < 4.78 is 5.01. The average Bonchev–Trinajstić information content (AvgIpc) is 2.74. The van der Waals surface area contributed by atoms with Gasteiger partial charge in [0, 0.05) is 44.4 Å². The van der Waals surface area contributed by atoms with Crippen LogP contribution >= 0.6 is 11.3 Å². The Balaban J connectivity index is 1.97. The van der Waals surface area contributed by atoms with Gasteiger partial charge in [0.1, 0.15) is 0 Å². The zero-order chi connectivity index (χ0) is 10.9. The molecule has 86 valence electrons. The molecule has 4 nitrogen and oxygen atoms in total. The molecule has 1 aromatic heterocycles. The van der Waals surface area contributed by atoms with E-state index in [1.54, 1.807) is 18.4 Å². The summed E-state index contributed by atoms with van der Waals surface area (Å²) in [4.78, 5) is 7.57. The number of hydrogen-bond donors (Lipinski definition) is 1. The van der Waals surface area contributed by atoms with Gasteiger partial charge >= 0.3 is 0 Å². The van der Waals surface area contributed by atoms with Crippen LogP contribution in [0.3, 0.4) is 0 Å². The highest BCUT2D eigenvalue weighted by Crippen LogP contribution is 2.03. The monoisotopic (exact) mass is 229 g/mol. The predicted molar refractivity (Wildman–Crippen MR) is 63.2 cm³/mol. The number of rotatable bonds is 8. The molecule has 5 heteroatoms. The zero-order valence-electron chi connectivity index (χ0n) is 9.40. The van der Waals surface area contributed by atoms with Gasteiger partial charge < -0.3 is 15.0 Å². The molecule has 0 bridgehead atoms. The van der Waals surface area contributed by atoms with Gasteiger partial charge in [0.05, 0.1) is 12.1 Å². The van der Waals surface area contributed by atoms with Crippen LogP contribution in [0.15, 0.2) is 11.7 Å². The van der Waals surface area contributed by atoms with Gasteiger partial charge in [0.25, 0.3) is 0 Å². The fourth-order valence-electron chi connectivity index (χ4n) is 1.17. The van der Waals surface area contributed by atoms with Gasteiger partial charge in [0.15, 0.2) is 0 Å². The molecule has 0 saturated heterocycles. The maximum atomic E-state index is 5.01. The third-order valence-electron chi connectivity index (χ3n) is 2.13. The maximum Gasteiger partial charge on any atom is 0.0794 e. The van der Waals surface area contributed by atoms with Crippen LogP contribution in [0.1, 0.15) is 4.88 Å². The number of hydrogen-bond acceptors (Lipinski definition) is 5. The molecule has 0 aliphatic carbocycles. The van der Waals surface area contributed by atoms with E-state index in [1.807, 2.05) is 11.7 Å². The first kappa shape index (κ1) is 12.6. The highest BCUT2D eigenvalue weighted by atomic mass is 32.1. The molecule has 0 unspecified atom stereocenters. The quantitative estimate of drug-likeness (QED) is 0.669. The van der Waals surface area contributed by atoms with Gasteiger partial charge in [-0.05, 0) is 7.05 Å². The second kappa shape index (κ2) is 7.76. The van der Waals surface area contributed by atoms with Crippen molar-refractivity contribution < 1.29 is 4.74 Å². The van der Waals surface area contributed by atoms with Crippen molar-refractivity contribution in [1.82, 2.24) is 15.2 Å². The van der Waals surface area contributed by atoms with Crippen molar-refractivity contribution >= 4 is 11.3 Å². The van der Waals surface area contributed by atoms with Crippen molar-refractivity contribution in [3.05, 3.63) is 16.6 Å². The largest absolute Gasteiger partial charge is 0.383 e. The summed E-state index contributed by atoms with van der Waals surface area (Å²) in [5.74, 6) is 0. The summed E-state index contributed by atoms with van der Waals surface area (Å²) in [5.41, 5.74) is 1.86. The standard InChI is InChI=1S/C10H19N3OS/c1-13(5-6-14-2)4-3-11-7-10-8-12-9-15-10/h8-9,11H,3-7H2,1-2H3. The fraction of sp³-hybridized carbons (Fsp3) is 0.700. The molecule has 0 aliphatic heterocycles. The van der Waals surface area contributed by atoms with E-state index in [4.69, 9.17) is 4.74 Å². The van der Waals surface area contributed by atoms with Crippen LogP contribution in [0.5, 0.6) is 0 Å². The molecule has 1 rings (SSSR count). The van der Waals surface area contributed by atoms with Crippen LogP contribution in [0.4, 0.5) is 0 Å². The van der Waals surface area contributed by atoms with E-state index in [9.17, 15) is 0 Å². The first-order valence-electron chi connectivity index (χ1n) is 5.08. The van der Waals surface area contributed by atoms with Crippen LogP contribution in [0, 0.1) is 0 Å². The summed E-state index contributed by atoms with van der Waals surface area (Å²) in [6.45, 7) is 4.74. The molecular weight excluding hydrogens is 210 g/mol. The molecule has 0 atom stereocenters. The normalized spacial score (nSPS) is 11.1. The fourth-order valence-corrected chi connectivity index (χ4v) is 1.73. The Kier molecular flexibility index (Phi) is 6.50. The number of nitrogens with zero attached hydrogens (tertiary/aromatic N) is 2. The second-order valence-electron chi connectivity index (χ2n) is 3.44. The third kappa shape index (κ3) is 5.84. The lowest BCUT2D eigenvalue weighted by atomic mass is 10.5. The number of methoxy groups -OCH3 is 1. The number of thiazole rings is 1. The minimum Gasteiger partial charge on any atom is -0.383 e. The molecule has 0 radical (unpaired) electrons. The van der Waals surface area contributed by atoms with E-state index in [2.05, 4.69) is 22.2 Å². The smallest absolute Gasteiger partial charge is 0.0794 e. The molecule has 1 aromatic rings. The van der Waals surface area contributed by atoms with Crippen molar-refractivity contribution in [2.45, 2.75) is 6.54 Å². The van der Waals surface area contributed by atoms with Gasteiger partial charge in [-0.3, -0.25) is 4.98 Å².